The maximum absolute atomic E-state index is 10.8. The van der Waals surface area contributed by atoms with Crippen molar-refractivity contribution in [2.24, 2.45) is 11.8 Å². The molecule has 0 bridgehead atoms. The number of likely N-dealkylation sites (tertiary alicyclic amines) is 1. The van der Waals surface area contributed by atoms with Gasteiger partial charge in [0.1, 0.15) is 0 Å². The third-order valence-corrected chi connectivity index (χ3v) is 2.96. The molecule has 0 aromatic rings. The number of rotatable bonds is 1. The van der Waals surface area contributed by atoms with Crippen LogP contribution in [0.4, 0.5) is 4.79 Å². The fourth-order valence-corrected chi connectivity index (χ4v) is 2.09. The standard InChI is InChI=1S/C9H13NO2/c1-2-8-4-6-3-7(6)5-10(8)9(11)12/h2,6-8H,1,3-5H2,(H,11,12)/t6-,7+,8+/m0/s1. The number of fused-ring (bicyclic) bond motifs is 1. The van der Waals surface area contributed by atoms with Crippen LogP contribution in [-0.4, -0.2) is 28.7 Å². The second kappa shape index (κ2) is 2.51. The number of piperidine rings is 1. The van der Waals surface area contributed by atoms with E-state index in [4.69, 9.17) is 5.11 Å². The smallest absolute Gasteiger partial charge is 0.407 e. The van der Waals surface area contributed by atoms with Crippen LogP contribution in [0.2, 0.25) is 0 Å². The molecule has 3 atom stereocenters. The highest BCUT2D eigenvalue weighted by Gasteiger charge is 2.46. The van der Waals surface area contributed by atoms with E-state index in [1.165, 1.54) is 11.3 Å². The molecule has 0 aromatic heterocycles. The minimum absolute atomic E-state index is 0.0613. The molecule has 66 valence electrons. The summed E-state index contributed by atoms with van der Waals surface area (Å²) in [5.74, 6) is 1.43. The van der Waals surface area contributed by atoms with Gasteiger partial charge < -0.3 is 10.0 Å². The zero-order chi connectivity index (χ0) is 8.72. The van der Waals surface area contributed by atoms with Crippen LogP contribution in [0.25, 0.3) is 0 Å². The molecule has 1 saturated heterocycles. The first kappa shape index (κ1) is 7.65. The van der Waals surface area contributed by atoms with Gasteiger partial charge in [0.15, 0.2) is 0 Å². The van der Waals surface area contributed by atoms with Crippen molar-refractivity contribution in [3.8, 4) is 0 Å². The highest BCUT2D eigenvalue weighted by molar-refractivity contribution is 5.66. The Morgan fingerprint density at radius 3 is 2.83 bits per heavy atom. The first-order valence-electron chi connectivity index (χ1n) is 4.34. The van der Waals surface area contributed by atoms with Crippen LogP contribution in [-0.2, 0) is 0 Å². The highest BCUT2D eigenvalue weighted by atomic mass is 16.4. The number of amides is 1. The fraction of sp³-hybridized carbons (Fsp3) is 0.667. The van der Waals surface area contributed by atoms with Gasteiger partial charge in [-0.15, -0.1) is 6.58 Å². The molecule has 12 heavy (non-hydrogen) atoms. The fourth-order valence-electron chi connectivity index (χ4n) is 2.09. The summed E-state index contributed by atoms with van der Waals surface area (Å²) in [7, 11) is 0. The summed E-state index contributed by atoms with van der Waals surface area (Å²) in [4.78, 5) is 12.3. The maximum Gasteiger partial charge on any atom is 0.407 e. The molecular weight excluding hydrogens is 154 g/mol. The van der Waals surface area contributed by atoms with Crippen molar-refractivity contribution in [2.75, 3.05) is 6.54 Å². The largest absolute Gasteiger partial charge is 0.465 e. The lowest BCUT2D eigenvalue weighted by Gasteiger charge is -2.30. The topological polar surface area (TPSA) is 40.5 Å². The average molecular weight is 167 g/mol. The number of nitrogens with zero attached hydrogens (tertiary/aromatic N) is 1. The number of hydrogen-bond donors (Lipinski definition) is 1. The van der Waals surface area contributed by atoms with Gasteiger partial charge in [0, 0.05) is 6.54 Å². The van der Waals surface area contributed by atoms with E-state index < -0.39 is 6.09 Å². The van der Waals surface area contributed by atoms with Gasteiger partial charge in [-0.25, -0.2) is 4.79 Å². The molecule has 0 unspecified atom stereocenters. The molecule has 0 aromatic carbocycles. The van der Waals surface area contributed by atoms with Crippen molar-refractivity contribution in [2.45, 2.75) is 18.9 Å². The van der Waals surface area contributed by atoms with E-state index in [0.717, 1.165) is 18.9 Å². The van der Waals surface area contributed by atoms with Crippen LogP contribution < -0.4 is 0 Å². The van der Waals surface area contributed by atoms with Crippen LogP contribution >= 0.6 is 0 Å². The summed E-state index contributed by atoms with van der Waals surface area (Å²) in [5.41, 5.74) is 0. The van der Waals surface area contributed by atoms with E-state index in [1.54, 1.807) is 6.08 Å². The van der Waals surface area contributed by atoms with E-state index in [-0.39, 0.29) is 6.04 Å². The Morgan fingerprint density at radius 1 is 1.50 bits per heavy atom. The molecule has 1 aliphatic carbocycles. The molecule has 0 radical (unpaired) electrons. The lowest BCUT2D eigenvalue weighted by atomic mass is 10.0. The Morgan fingerprint density at radius 2 is 2.25 bits per heavy atom. The van der Waals surface area contributed by atoms with Gasteiger partial charge in [-0.3, -0.25) is 0 Å². The molecule has 2 fully saturated rings. The summed E-state index contributed by atoms with van der Waals surface area (Å²) < 4.78 is 0. The van der Waals surface area contributed by atoms with Gasteiger partial charge in [-0.05, 0) is 24.7 Å². The van der Waals surface area contributed by atoms with Gasteiger partial charge in [0.05, 0.1) is 6.04 Å². The monoisotopic (exact) mass is 167 g/mol. The molecule has 1 saturated carbocycles. The predicted octanol–water partition coefficient (Wildman–Crippen LogP) is 1.56. The van der Waals surface area contributed by atoms with E-state index in [1.807, 2.05) is 0 Å². The summed E-state index contributed by atoms with van der Waals surface area (Å²) in [5, 5.41) is 8.85. The Bertz CT molecular complexity index is 227. The quantitative estimate of drug-likeness (QED) is 0.602. The Labute approximate surface area is 71.7 Å². The van der Waals surface area contributed by atoms with Gasteiger partial charge >= 0.3 is 6.09 Å². The Kier molecular flexibility index (Phi) is 1.60. The lowest BCUT2D eigenvalue weighted by Crippen LogP contribution is -2.42. The second-order valence-corrected chi connectivity index (χ2v) is 3.73. The lowest BCUT2D eigenvalue weighted by molar-refractivity contribution is 0.117. The van der Waals surface area contributed by atoms with Gasteiger partial charge in [-0.1, -0.05) is 6.08 Å². The van der Waals surface area contributed by atoms with Crippen molar-refractivity contribution in [3.63, 3.8) is 0 Å². The van der Waals surface area contributed by atoms with E-state index >= 15 is 0 Å². The van der Waals surface area contributed by atoms with E-state index in [9.17, 15) is 4.79 Å². The predicted molar refractivity (Wildman–Crippen MR) is 44.9 cm³/mol. The van der Waals surface area contributed by atoms with Crippen LogP contribution in [0.3, 0.4) is 0 Å². The molecule has 2 aliphatic rings. The van der Waals surface area contributed by atoms with Gasteiger partial charge in [0.2, 0.25) is 0 Å². The van der Waals surface area contributed by atoms with Gasteiger partial charge in [-0.2, -0.15) is 0 Å². The number of carboxylic acid groups (broad SMARTS) is 1. The van der Waals surface area contributed by atoms with Crippen molar-refractivity contribution >= 4 is 6.09 Å². The van der Waals surface area contributed by atoms with E-state index in [2.05, 4.69) is 6.58 Å². The zero-order valence-electron chi connectivity index (χ0n) is 6.94. The average Bonchev–Trinajstić information content (AvgIpc) is 2.79. The summed E-state index contributed by atoms with van der Waals surface area (Å²) in [6.45, 7) is 4.38. The molecule has 1 amide bonds. The normalized spacial score (nSPS) is 38.7. The number of hydrogen-bond acceptors (Lipinski definition) is 1. The molecule has 1 aliphatic heterocycles. The Hall–Kier alpha value is -0.990. The van der Waals surface area contributed by atoms with E-state index in [0.29, 0.717) is 5.92 Å². The highest BCUT2D eigenvalue weighted by Crippen LogP contribution is 2.47. The molecule has 3 heteroatoms. The molecule has 1 heterocycles. The van der Waals surface area contributed by atoms with Crippen molar-refractivity contribution in [1.29, 1.82) is 0 Å². The first-order chi connectivity index (χ1) is 5.72. The molecule has 1 N–H and O–H groups in total. The number of carbonyl (C=O) groups is 1. The van der Waals surface area contributed by atoms with Crippen LogP contribution in [0.15, 0.2) is 12.7 Å². The van der Waals surface area contributed by atoms with Crippen molar-refractivity contribution in [1.82, 2.24) is 4.90 Å². The molecule has 0 spiro atoms. The van der Waals surface area contributed by atoms with Crippen molar-refractivity contribution in [3.05, 3.63) is 12.7 Å². The molecule has 3 nitrogen and oxygen atoms in total. The van der Waals surface area contributed by atoms with Crippen molar-refractivity contribution < 1.29 is 9.90 Å². The van der Waals surface area contributed by atoms with Crippen LogP contribution in [0.1, 0.15) is 12.8 Å². The summed E-state index contributed by atoms with van der Waals surface area (Å²) in [6, 6.07) is 0.0613. The second-order valence-electron chi connectivity index (χ2n) is 3.73. The van der Waals surface area contributed by atoms with Crippen LogP contribution in [0, 0.1) is 11.8 Å². The Balaban J connectivity index is 2.08. The molecule has 2 rings (SSSR count). The first-order valence-corrected chi connectivity index (χ1v) is 4.34. The molecular formula is C9H13NO2. The maximum atomic E-state index is 10.8. The van der Waals surface area contributed by atoms with Crippen LogP contribution in [0.5, 0.6) is 0 Å². The summed E-state index contributed by atoms with van der Waals surface area (Å²) in [6.07, 6.45) is 3.15. The third-order valence-electron chi connectivity index (χ3n) is 2.96. The zero-order valence-corrected chi connectivity index (χ0v) is 6.94. The minimum atomic E-state index is -0.801. The summed E-state index contributed by atoms with van der Waals surface area (Å²) >= 11 is 0. The minimum Gasteiger partial charge on any atom is -0.465 e. The SMILES string of the molecule is C=C[C@@H]1C[C@@H]2C[C@@H]2CN1C(=O)O. The van der Waals surface area contributed by atoms with Gasteiger partial charge in [0.25, 0.3) is 0 Å². The third kappa shape index (κ3) is 1.09.